The first-order valence-electron chi connectivity index (χ1n) is 4.23. The Bertz CT molecular complexity index is 260. The van der Waals surface area contributed by atoms with Gasteiger partial charge in [0.05, 0.1) is 17.9 Å². The summed E-state index contributed by atoms with van der Waals surface area (Å²) in [5.41, 5.74) is 0. The van der Waals surface area contributed by atoms with Crippen molar-refractivity contribution in [3.05, 3.63) is 0 Å². The zero-order valence-corrected chi connectivity index (χ0v) is 17.1. The second-order valence-corrected chi connectivity index (χ2v) is 2.89. The fraction of sp³-hybridized carbons (Fsp3) is 0.625. The number of carboxylic acids is 3. The first kappa shape index (κ1) is 27.7. The number of carboxylic acid groups (broad SMARTS) is 3. The second-order valence-electron chi connectivity index (χ2n) is 2.89. The van der Waals surface area contributed by atoms with Crippen molar-refractivity contribution in [3.63, 3.8) is 0 Å². The van der Waals surface area contributed by atoms with Gasteiger partial charge in [0.1, 0.15) is 0 Å². The third-order valence-corrected chi connectivity index (χ3v) is 1.76. The molecular weight excluding hydrogens is 275 g/mol. The molecule has 86 valence electrons. The summed E-state index contributed by atoms with van der Waals surface area (Å²) in [6.45, 7) is -0.112. The Balaban J connectivity index is -0.000000327. The molecule has 0 aromatic carbocycles. The Morgan fingerprint density at radius 1 is 0.944 bits per heavy atom. The largest absolute Gasteiger partial charge is 1.00 e. The molecule has 0 aliphatic carbocycles. The van der Waals surface area contributed by atoms with E-state index in [0.717, 1.165) is 0 Å². The monoisotopic (exact) mass is 285 g/mol. The number of hydrogen-bond donors (Lipinski definition) is 0. The first-order valence-corrected chi connectivity index (χ1v) is 4.23. The van der Waals surface area contributed by atoms with Gasteiger partial charge < -0.3 is 29.7 Å². The van der Waals surface area contributed by atoms with Crippen molar-refractivity contribution in [2.75, 3.05) is 13.1 Å². The van der Waals surface area contributed by atoms with Crippen molar-refractivity contribution in [2.24, 2.45) is 0 Å². The predicted molar refractivity (Wildman–Crippen MR) is 40.7 cm³/mol. The molecule has 0 aromatic rings. The Kier molecular flexibility index (Phi) is 22.7. The number of nitrogens with zero attached hydrogens (tertiary/aromatic N) is 1. The van der Waals surface area contributed by atoms with Gasteiger partial charge in [-0.1, -0.05) is 6.92 Å². The van der Waals surface area contributed by atoms with Crippen LogP contribution in [0.15, 0.2) is 0 Å². The van der Waals surface area contributed by atoms with Crippen LogP contribution in [0.25, 0.3) is 0 Å². The van der Waals surface area contributed by atoms with E-state index in [-0.39, 0.29) is 95.1 Å². The number of rotatable bonds is 7. The zero-order valence-electron chi connectivity index (χ0n) is 11.1. The molecule has 0 spiro atoms. The van der Waals surface area contributed by atoms with E-state index in [9.17, 15) is 29.7 Å². The summed E-state index contributed by atoms with van der Waals surface area (Å²) in [6, 6.07) is -1.28. The van der Waals surface area contributed by atoms with E-state index in [4.69, 9.17) is 0 Å². The van der Waals surface area contributed by atoms with E-state index in [2.05, 4.69) is 0 Å². The molecule has 1 atom stereocenters. The van der Waals surface area contributed by atoms with Gasteiger partial charge in [0.25, 0.3) is 0 Å². The van der Waals surface area contributed by atoms with Crippen LogP contribution in [0.2, 0.25) is 0 Å². The molecule has 0 heterocycles. The van der Waals surface area contributed by atoms with Gasteiger partial charge in [-0.2, -0.15) is 0 Å². The topological polar surface area (TPSA) is 124 Å². The van der Waals surface area contributed by atoms with Gasteiger partial charge in [-0.25, -0.2) is 0 Å². The summed E-state index contributed by atoms with van der Waals surface area (Å²) in [7, 11) is 0. The van der Waals surface area contributed by atoms with Gasteiger partial charge in [-0.3, -0.25) is 4.90 Å². The molecule has 0 saturated carbocycles. The van der Waals surface area contributed by atoms with Crippen molar-refractivity contribution < 1.29 is 118 Å². The molecule has 18 heavy (non-hydrogen) atoms. The molecule has 0 aliphatic heterocycles. The summed E-state index contributed by atoms with van der Waals surface area (Å²) in [5, 5.41) is 31.1. The van der Waals surface area contributed by atoms with Crippen LogP contribution in [0, 0.1) is 0 Å². The Morgan fingerprint density at radius 2 is 1.28 bits per heavy atom. The summed E-state index contributed by atoms with van der Waals surface area (Å²) in [5.74, 6) is -4.65. The fourth-order valence-corrected chi connectivity index (χ4v) is 1.18. The minimum atomic E-state index is -1.56. The van der Waals surface area contributed by atoms with Crippen molar-refractivity contribution >= 4 is 17.9 Å². The summed E-state index contributed by atoms with van der Waals surface area (Å²) in [4.78, 5) is 31.8. The molecule has 0 fully saturated rings. The number of carbonyl (C=O) groups excluding carboxylic acids is 3. The third kappa shape index (κ3) is 12.4. The van der Waals surface area contributed by atoms with Crippen LogP contribution in [0.4, 0.5) is 0 Å². The van der Waals surface area contributed by atoms with E-state index < -0.39 is 37.0 Å². The van der Waals surface area contributed by atoms with Gasteiger partial charge in [-0.05, 0) is 6.42 Å². The molecule has 0 aromatic heterocycles. The summed E-state index contributed by atoms with van der Waals surface area (Å²) in [6.07, 6.45) is 0.0306. The average molecular weight is 285 g/mol. The molecule has 10 heteroatoms. The maximum absolute atomic E-state index is 10.6. The van der Waals surface area contributed by atoms with Crippen LogP contribution < -0.4 is 104 Å². The van der Waals surface area contributed by atoms with Gasteiger partial charge in [0.15, 0.2) is 0 Å². The molecule has 0 saturated heterocycles. The van der Waals surface area contributed by atoms with E-state index in [1.54, 1.807) is 0 Å². The van der Waals surface area contributed by atoms with E-state index in [0.29, 0.717) is 4.90 Å². The molecule has 0 unspecified atom stereocenters. The van der Waals surface area contributed by atoms with Gasteiger partial charge in [0, 0.05) is 19.1 Å². The normalized spacial score (nSPS) is 10.3. The van der Waals surface area contributed by atoms with E-state index in [1.165, 1.54) is 6.92 Å². The Hall–Kier alpha value is 1.37. The molecule has 0 rings (SSSR count). The van der Waals surface area contributed by atoms with Crippen LogP contribution in [0.5, 0.6) is 0 Å². The Morgan fingerprint density at radius 3 is 1.44 bits per heavy atom. The minimum Gasteiger partial charge on any atom is -0.549 e. The van der Waals surface area contributed by atoms with Gasteiger partial charge >= 0.3 is 88.7 Å². The second kappa shape index (κ2) is 14.8. The van der Waals surface area contributed by atoms with Crippen LogP contribution in [-0.4, -0.2) is 41.9 Å². The molecule has 0 radical (unpaired) electrons. The van der Waals surface area contributed by atoms with Crippen molar-refractivity contribution in [2.45, 2.75) is 19.4 Å². The van der Waals surface area contributed by atoms with Crippen molar-refractivity contribution in [3.8, 4) is 0 Å². The van der Waals surface area contributed by atoms with E-state index in [1.807, 2.05) is 0 Å². The van der Waals surface area contributed by atoms with Crippen LogP contribution in [0.1, 0.15) is 13.3 Å². The maximum Gasteiger partial charge on any atom is 1.00 e. The number of aliphatic carboxylic acids is 3. The molecule has 7 nitrogen and oxygen atoms in total. The SMILES string of the molecule is CC[C@@H](C(=O)[O-])N(CC(=O)[O-])CC(=O)[O-].[Na+].[Na+].[Na+]. The third-order valence-electron chi connectivity index (χ3n) is 1.76. The quantitative estimate of drug-likeness (QED) is 0.425. The summed E-state index contributed by atoms with van der Waals surface area (Å²) >= 11 is 0. The van der Waals surface area contributed by atoms with Crippen LogP contribution >= 0.6 is 0 Å². The predicted octanol–water partition coefficient (Wildman–Crippen LogP) is -13.7. The van der Waals surface area contributed by atoms with Crippen LogP contribution in [-0.2, 0) is 14.4 Å². The molecule has 0 bridgehead atoms. The fourth-order valence-electron chi connectivity index (χ4n) is 1.18. The molecule has 0 aliphatic rings. The number of carbonyl (C=O) groups is 3. The van der Waals surface area contributed by atoms with Crippen molar-refractivity contribution in [1.29, 1.82) is 0 Å². The zero-order chi connectivity index (χ0) is 12.0. The van der Waals surface area contributed by atoms with Gasteiger partial charge in [-0.15, -0.1) is 0 Å². The summed E-state index contributed by atoms with van der Waals surface area (Å²) < 4.78 is 0. The maximum atomic E-state index is 10.6. The smallest absolute Gasteiger partial charge is 0.549 e. The van der Waals surface area contributed by atoms with E-state index >= 15 is 0 Å². The minimum absolute atomic E-state index is 0. The first-order chi connectivity index (χ1) is 6.88. The van der Waals surface area contributed by atoms with Crippen molar-refractivity contribution in [1.82, 2.24) is 4.90 Å². The average Bonchev–Trinajstić information content (AvgIpc) is 2.01. The van der Waals surface area contributed by atoms with Crippen LogP contribution in [0.3, 0.4) is 0 Å². The number of hydrogen-bond acceptors (Lipinski definition) is 7. The molecular formula is C8H10NNa3O6. The molecule has 0 N–H and O–H groups in total. The standard InChI is InChI=1S/C8H13NO6.3Na/c1-2-5(8(14)15)9(3-6(10)11)4-7(12)13;;;/h5H,2-4H2,1H3,(H,10,11)(H,12,13)(H,14,15);;;/q;3*+1/p-3/t5-;;;/m0.../s1. The van der Waals surface area contributed by atoms with Gasteiger partial charge in [0.2, 0.25) is 0 Å². The molecule has 0 amide bonds. The Labute approximate surface area is 171 Å².